The van der Waals surface area contributed by atoms with E-state index in [1.807, 2.05) is 20.8 Å². The fourth-order valence-electron chi connectivity index (χ4n) is 0.964. The molecule has 0 aromatic carbocycles. The molecular weight excluding hydrogens is 187 g/mol. The molecule has 0 aromatic heterocycles. The Hall–Kier alpha value is -0.635. The van der Waals surface area contributed by atoms with E-state index in [1.54, 1.807) is 0 Å². The molecule has 0 heterocycles. The van der Waals surface area contributed by atoms with E-state index in [4.69, 9.17) is 34.0 Å². The number of nitrogens with two attached hydrogens (primary N) is 1. The van der Waals surface area contributed by atoms with E-state index in [2.05, 4.69) is 0 Å². The Morgan fingerprint density at radius 1 is 1.33 bits per heavy atom. The summed E-state index contributed by atoms with van der Waals surface area (Å²) in [5.74, 6) is -0.785. The van der Waals surface area contributed by atoms with Gasteiger partial charge in [0, 0.05) is 6.42 Å². The Morgan fingerprint density at radius 3 is 2.13 bits per heavy atom. The van der Waals surface area contributed by atoms with Gasteiger partial charge in [-0.1, -0.05) is 20.8 Å². The molecule has 6 heteroatoms. The van der Waals surface area contributed by atoms with Crippen LogP contribution >= 0.6 is 0 Å². The second kappa shape index (κ2) is 5.45. The molecule has 6 radical (unpaired) electrons. The molecule has 1 unspecified atom stereocenters. The number of carbonyl (C=O) groups excluding carboxylic acids is 1. The van der Waals surface area contributed by atoms with Crippen molar-refractivity contribution < 1.29 is 9.53 Å². The van der Waals surface area contributed by atoms with Gasteiger partial charge in [0.15, 0.2) is 6.23 Å². The maximum atomic E-state index is 11.2. The van der Waals surface area contributed by atoms with Crippen LogP contribution in [0.15, 0.2) is 10.8 Å². The number of carbonyl (C=O) groups is 1. The summed E-state index contributed by atoms with van der Waals surface area (Å²) in [7, 11) is 15.5. The minimum Gasteiger partial charge on any atom is -0.444 e. The highest BCUT2D eigenvalue weighted by Crippen LogP contribution is 2.20. The molecular formula is C9H14B3NO2. The van der Waals surface area contributed by atoms with E-state index < -0.39 is 12.2 Å². The van der Waals surface area contributed by atoms with Crippen LogP contribution in [-0.4, -0.2) is 35.7 Å². The third-order valence-corrected chi connectivity index (χ3v) is 1.60. The van der Waals surface area contributed by atoms with Gasteiger partial charge in [-0.15, -0.1) is 0 Å². The quantitative estimate of drug-likeness (QED) is 0.300. The summed E-state index contributed by atoms with van der Waals surface area (Å²) < 4.78 is 4.85. The lowest BCUT2D eigenvalue weighted by Gasteiger charge is -2.23. The number of ether oxygens (including phenoxy) is 1. The molecule has 0 aliphatic rings. The van der Waals surface area contributed by atoms with E-state index in [-0.39, 0.29) is 16.3 Å². The predicted octanol–water partition coefficient (Wildman–Crippen LogP) is -0.0748. The van der Waals surface area contributed by atoms with Gasteiger partial charge in [-0.3, -0.25) is 5.73 Å². The zero-order valence-electron chi connectivity index (χ0n) is 9.41. The average Bonchev–Trinajstić information content (AvgIpc) is 1.98. The van der Waals surface area contributed by atoms with Crippen molar-refractivity contribution in [2.75, 3.05) is 0 Å². The first-order valence-corrected chi connectivity index (χ1v) is 4.61. The fraction of sp³-hybridized carbons (Fsp3) is 0.667. The van der Waals surface area contributed by atoms with Gasteiger partial charge >= 0.3 is 5.97 Å². The molecule has 0 fully saturated rings. The molecule has 2 N–H and O–H groups in total. The highest BCUT2D eigenvalue weighted by molar-refractivity contribution is 6.55. The van der Waals surface area contributed by atoms with Gasteiger partial charge in [0.2, 0.25) is 0 Å². The molecule has 1 atom stereocenters. The first kappa shape index (κ1) is 14.4. The largest absolute Gasteiger partial charge is 0.444 e. The monoisotopic (exact) mass is 201 g/mol. The number of esters is 1. The van der Waals surface area contributed by atoms with Crippen molar-refractivity contribution in [3.63, 3.8) is 0 Å². The van der Waals surface area contributed by atoms with E-state index in [0.717, 1.165) is 0 Å². The van der Waals surface area contributed by atoms with Crippen molar-refractivity contribution in [3.8, 4) is 0 Å². The molecule has 0 aromatic rings. The lowest BCUT2D eigenvalue weighted by Crippen LogP contribution is -2.32. The Labute approximate surface area is 95.0 Å². The van der Waals surface area contributed by atoms with Crippen LogP contribution < -0.4 is 5.73 Å². The lowest BCUT2D eigenvalue weighted by atomic mass is 9.69. The third kappa shape index (κ3) is 6.45. The summed E-state index contributed by atoms with van der Waals surface area (Å²) in [6, 6.07) is 0. The number of rotatable bonds is 3. The second-order valence-electron chi connectivity index (χ2n) is 4.58. The van der Waals surface area contributed by atoms with E-state index in [0.29, 0.717) is 6.42 Å². The van der Waals surface area contributed by atoms with Crippen molar-refractivity contribution in [3.05, 3.63) is 10.8 Å². The van der Waals surface area contributed by atoms with Crippen LogP contribution in [0.2, 0.25) is 0 Å². The summed E-state index contributed by atoms with van der Waals surface area (Å²) in [6.07, 6.45) is -0.188. The third-order valence-electron chi connectivity index (χ3n) is 1.60. The van der Waals surface area contributed by atoms with Crippen molar-refractivity contribution in [2.45, 2.75) is 33.4 Å². The Balaban J connectivity index is 4.27. The van der Waals surface area contributed by atoms with Crippen LogP contribution in [0.4, 0.5) is 0 Å². The summed E-state index contributed by atoms with van der Waals surface area (Å²) >= 11 is 0. The molecule has 0 aliphatic carbocycles. The van der Waals surface area contributed by atoms with Crippen molar-refractivity contribution in [1.29, 1.82) is 0 Å². The fourth-order valence-corrected chi connectivity index (χ4v) is 0.964. The Bertz CT molecular complexity index is 267. The highest BCUT2D eigenvalue weighted by Gasteiger charge is 2.19. The van der Waals surface area contributed by atoms with E-state index in [1.165, 1.54) is 0 Å². The summed E-state index contributed by atoms with van der Waals surface area (Å²) in [6.45, 7) is 5.95. The van der Waals surface area contributed by atoms with E-state index in [9.17, 15) is 4.79 Å². The maximum absolute atomic E-state index is 11.2. The van der Waals surface area contributed by atoms with Crippen LogP contribution in [0, 0.1) is 5.41 Å². The van der Waals surface area contributed by atoms with Crippen LogP contribution in [0.25, 0.3) is 0 Å². The summed E-state index contributed by atoms with van der Waals surface area (Å²) in [5, 5.41) is -0.261. The zero-order valence-corrected chi connectivity index (χ0v) is 9.41. The molecule has 15 heavy (non-hydrogen) atoms. The van der Waals surface area contributed by atoms with Crippen LogP contribution in [-0.2, 0) is 9.53 Å². The molecule has 0 saturated carbocycles. The van der Waals surface area contributed by atoms with Gasteiger partial charge in [0.25, 0.3) is 0 Å². The molecule has 0 saturated heterocycles. The molecule has 0 rings (SSSR count). The molecule has 0 aliphatic heterocycles. The van der Waals surface area contributed by atoms with Crippen molar-refractivity contribution in [2.24, 2.45) is 11.1 Å². The van der Waals surface area contributed by atoms with Gasteiger partial charge in [0.1, 0.15) is 7.85 Å². The van der Waals surface area contributed by atoms with Crippen molar-refractivity contribution >= 4 is 29.5 Å². The van der Waals surface area contributed by atoms with Crippen LogP contribution in [0.1, 0.15) is 27.2 Å². The number of hydrogen-bond donors (Lipinski definition) is 1. The minimum atomic E-state index is -0.785. The average molecular weight is 201 g/mol. The Morgan fingerprint density at radius 2 is 1.80 bits per heavy atom. The van der Waals surface area contributed by atoms with Crippen LogP contribution in [0.3, 0.4) is 0 Å². The highest BCUT2D eigenvalue weighted by atomic mass is 16.6. The first-order valence-electron chi connectivity index (χ1n) is 4.61. The molecule has 76 valence electrons. The van der Waals surface area contributed by atoms with Gasteiger partial charge in [-0.25, -0.2) is 4.79 Å². The van der Waals surface area contributed by atoms with Gasteiger partial charge in [-0.05, 0) is 10.9 Å². The van der Waals surface area contributed by atoms with Crippen molar-refractivity contribution in [1.82, 2.24) is 0 Å². The minimum absolute atomic E-state index is 0.0353. The number of hydrogen-bond acceptors (Lipinski definition) is 3. The summed E-state index contributed by atoms with van der Waals surface area (Å²) in [5.41, 5.74) is 5.25. The summed E-state index contributed by atoms with van der Waals surface area (Å²) in [4.78, 5) is 11.2. The zero-order chi connectivity index (χ0) is 12.2. The van der Waals surface area contributed by atoms with E-state index >= 15 is 0 Å². The normalized spacial score (nSPS) is 13.1. The van der Waals surface area contributed by atoms with Gasteiger partial charge in [-0.2, -0.15) is 5.37 Å². The molecule has 0 amide bonds. The lowest BCUT2D eigenvalue weighted by molar-refractivity contribution is -0.144. The molecule has 0 spiro atoms. The Kier molecular flexibility index (Phi) is 5.22. The first-order chi connectivity index (χ1) is 6.63. The van der Waals surface area contributed by atoms with Crippen LogP contribution in [0.5, 0.6) is 0 Å². The standard InChI is InChI=1S/C9H14B3NO2/c1-9(2,3)4-5(13)15-8(14)6(10)7(11)12/h5H,4,13H2,1-3H3. The molecule has 0 bridgehead atoms. The predicted molar refractivity (Wildman–Crippen MR) is 62.4 cm³/mol. The SMILES string of the molecule is [B]C([B])=C([B])C(=O)OC(N)CC(C)(C)C. The van der Waals surface area contributed by atoms with Gasteiger partial charge < -0.3 is 4.74 Å². The maximum Gasteiger partial charge on any atom is 0.323 e. The second-order valence-corrected chi connectivity index (χ2v) is 4.58. The molecule has 3 nitrogen and oxygen atoms in total. The van der Waals surface area contributed by atoms with Gasteiger partial charge in [0.05, 0.1) is 15.7 Å². The topological polar surface area (TPSA) is 52.3 Å². The smallest absolute Gasteiger partial charge is 0.323 e.